The van der Waals surface area contributed by atoms with E-state index in [1.54, 1.807) is 0 Å². The number of rotatable bonds is 9. The zero-order chi connectivity index (χ0) is 15.0. The Hall–Kier alpha value is -1.35. The molecule has 0 amide bonds. The summed E-state index contributed by atoms with van der Waals surface area (Å²) in [6.07, 6.45) is 4.08. The average Bonchev–Trinajstić information content (AvgIpc) is 2.46. The van der Waals surface area contributed by atoms with E-state index in [-0.39, 0.29) is 0 Å². The number of benzene rings is 1. The van der Waals surface area contributed by atoms with Crippen molar-refractivity contribution in [1.82, 2.24) is 4.90 Å². The van der Waals surface area contributed by atoms with Gasteiger partial charge < -0.3 is 5.11 Å². The van der Waals surface area contributed by atoms with Crippen LogP contribution in [0, 0.1) is 0 Å². The van der Waals surface area contributed by atoms with Gasteiger partial charge in [-0.25, -0.2) is 0 Å². The van der Waals surface area contributed by atoms with Gasteiger partial charge in [-0.1, -0.05) is 51.5 Å². The molecule has 0 unspecified atom stereocenters. The van der Waals surface area contributed by atoms with Crippen molar-refractivity contribution in [2.45, 2.75) is 52.5 Å². The van der Waals surface area contributed by atoms with Crippen LogP contribution in [-0.2, 0) is 17.6 Å². The van der Waals surface area contributed by atoms with Gasteiger partial charge in [0, 0.05) is 0 Å². The summed E-state index contributed by atoms with van der Waals surface area (Å²) in [6.45, 7) is 7.74. The normalized spacial score (nSPS) is 12.6. The molecule has 0 saturated carbocycles. The molecule has 3 nitrogen and oxygen atoms in total. The van der Waals surface area contributed by atoms with Gasteiger partial charge >= 0.3 is 5.97 Å². The molecule has 3 heteroatoms. The number of carboxylic acid groups (broad SMARTS) is 1. The third-order valence-corrected chi connectivity index (χ3v) is 3.81. The molecule has 1 atom stereocenters. The first-order valence-corrected chi connectivity index (χ1v) is 7.67. The maximum atomic E-state index is 11.4. The molecular weight excluding hydrogens is 250 g/mol. The van der Waals surface area contributed by atoms with Gasteiger partial charge in [-0.05, 0) is 43.5 Å². The maximum Gasteiger partial charge on any atom is 0.321 e. The Kier molecular flexibility index (Phi) is 7.31. The van der Waals surface area contributed by atoms with E-state index in [1.807, 2.05) is 18.7 Å². The Morgan fingerprint density at radius 3 is 2.10 bits per heavy atom. The fourth-order valence-electron chi connectivity index (χ4n) is 2.48. The summed E-state index contributed by atoms with van der Waals surface area (Å²) in [5.74, 6) is -0.733. The van der Waals surface area contributed by atoms with Crippen molar-refractivity contribution < 1.29 is 9.90 Å². The van der Waals surface area contributed by atoms with E-state index in [4.69, 9.17) is 0 Å². The lowest BCUT2D eigenvalue weighted by atomic mass is 10.0. The van der Waals surface area contributed by atoms with Crippen LogP contribution in [-0.4, -0.2) is 35.1 Å². The number of unbranched alkanes of at least 4 members (excludes halogenated alkanes) is 1. The highest BCUT2D eigenvalue weighted by atomic mass is 16.4. The van der Waals surface area contributed by atoms with Gasteiger partial charge in [0.15, 0.2) is 0 Å². The fourth-order valence-corrected chi connectivity index (χ4v) is 2.48. The second-order valence-corrected chi connectivity index (χ2v) is 5.20. The molecule has 20 heavy (non-hydrogen) atoms. The lowest BCUT2D eigenvalue weighted by Gasteiger charge is -2.26. The molecule has 1 aromatic carbocycles. The second kappa shape index (κ2) is 8.75. The van der Waals surface area contributed by atoms with Crippen molar-refractivity contribution in [3.8, 4) is 0 Å². The highest BCUT2D eigenvalue weighted by Gasteiger charge is 2.23. The van der Waals surface area contributed by atoms with Crippen LogP contribution in [0.25, 0.3) is 0 Å². The van der Waals surface area contributed by atoms with Crippen molar-refractivity contribution in [3.63, 3.8) is 0 Å². The number of nitrogens with zero attached hydrogens (tertiary/aromatic N) is 1. The standard InChI is InChI=1S/C17H27NO2/c1-4-7-8-14-9-11-15(12-10-14)13-16(17(19)20)18(5-2)6-3/h9-12,16H,4-8,13H2,1-3H3,(H,19,20)/t16-/m0/s1. The Morgan fingerprint density at radius 2 is 1.65 bits per heavy atom. The average molecular weight is 277 g/mol. The molecule has 0 aliphatic heterocycles. The van der Waals surface area contributed by atoms with E-state index >= 15 is 0 Å². The molecule has 0 aromatic heterocycles. The van der Waals surface area contributed by atoms with Crippen molar-refractivity contribution in [3.05, 3.63) is 35.4 Å². The van der Waals surface area contributed by atoms with Crippen LogP contribution in [0.5, 0.6) is 0 Å². The minimum atomic E-state index is -0.733. The van der Waals surface area contributed by atoms with E-state index in [1.165, 1.54) is 18.4 Å². The Labute approximate surface area is 122 Å². The van der Waals surface area contributed by atoms with Crippen LogP contribution in [0.3, 0.4) is 0 Å². The summed E-state index contributed by atoms with van der Waals surface area (Å²) >= 11 is 0. The highest BCUT2D eigenvalue weighted by Crippen LogP contribution is 2.12. The number of likely N-dealkylation sites (N-methyl/N-ethyl adjacent to an activating group) is 1. The molecule has 1 rings (SSSR count). The summed E-state index contributed by atoms with van der Waals surface area (Å²) in [4.78, 5) is 13.4. The predicted octanol–water partition coefficient (Wildman–Crippen LogP) is 3.37. The maximum absolute atomic E-state index is 11.4. The lowest BCUT2D eigenvalue weighted by Crippen LogP contribution is -2.42. The van der Waals surface area contributed by atoms with Gasteiger partial charge in [0.25, 0.3) is 0 Å². The van der Waals surface area contributed by atoms with Gasteiger partial charge in [-0.2, -0.15) is 0 Å². The van der Waals surface area contributed by atoms with Crippen LogP contribution in [0.2, 0.25) is 0 Å². The minimum Gasteiger partial charge on any atom is -0.480 e. The Balaban J connectivity index is 2.71. The first kappa shape index (κ1) is 16.7. The second-order valence-electron chi connectivity index (χ2n) is 5.20. The summed E-state index contributed by atoms with van der Waals surface area (Å²) < 4.78 is 0. The number of aliphatic carboxylic acids is 1. The lowest BCUT2D eigenvalue weighted by molar-refractivity contribution is -0.143. The van der Waals surface area contributed by atoms with Gasteiger partial charge in [-0.15, -0.1) is 0 Å². The smallest absolute Gasteiger partial charge is 0.321 e. The van der Waals surface area contributed by atoms with Gasteiger partial charge in [-0.3, -0.25) is 9.69 Å². The number of carboxylic acids is 1. The molecule has 1 aromatic rings. The minimum absolute atomic E-state index is 0.425. The van der Waals surface area contributed by atoms with Crippen molar-refractivity contribution in [2.24, 2.45) is 0 Å². The van der Waals surface area contributed by atoms with Gasteiger partial charge in [0.05, 0.1) is 0 Å². The SMILES string of the molecule is CCCCc1ccc(C[C@@H](C(=O)O)N(CC)CC)cc1. The van der Waals surface area contributed by atoms with Crippen LogP contribution in [0.1, 0.15) is 44.7 Å². The zero-order valence-corrected chi connectivity index (χ0v) is 12.9. The Morgan fingerprint density at radius 1 is 1.10 bits per heavy atom. The van der Waals surface area contributed by atoms with Crippen LogP contribution in [0.15, 0.2) is 24.3 Å². The molecule has 0 spiro atoms. The topological polar surface area (TPSA) is 40.5 Å². The largest absolute Gasteiger partial charge is 0.480 e. The molecular formula is C17H27NO2. The molecule has 0 radical (unpaired) electrons. The number of hydrogen-bond donors (Lipinski definition) is 1. The van der Waals surface area contributed by atoms with E-state index in [2.05, 4.69) is 31.2 Å². The van der Waals surface area contributed by atoms with E-state index in [0.717, 1.165) is 25.1 Å². The van der Waals surface area contributed by atoms with E-state index in [9.17, 15) is 9.90 Å². The summed E-state index contributed by atoms with van der Waals surface area (Å²) in [5.41, 5.74) is 2.44. The third kappa shape index (κ3) is 4.97. The monoisotopic (exact) mass is 277 g/mol. The van der Waals surface area contributed by atoms with Crippen LogP contribution < -0.4 is 0 Å². The fraction of sp³-hybridized carbons (Fsp3) is 0.588. The summed E-state index contributed by atoms with van der Waals surface area (Å²) in [6, 6.07) is 7.99. The van der Waals surface area contributed by atoms with E-state index in [0.29, 0.717) is 6.42 Å². The summed E-state index contributed by atoms with van der Waals surface area (Å²) in [5, 5.41) is 9.40. The number of aryl methyl sites for hydroxylation is 1. The molecule has 1 N–H and O–H groups in total. The molecule has 0 aliphatic rings. The van der Waals surface area contributed by atoms with Gasteiger partial charge in [0.2, 0.25) is 0 Å². The van der Waals surface area contributed by atoms with Crippen molar-refractivity contribution >= 4 is 5.97 Å². The summed E-state index contributed by atoms with van der Waals surface area (Å²) in [7, 11) is 0. The van der Waals surface area contributed by atoms with Crippen molar-refractivity contribution in [2.75, 3.05) is 13.1 Å². The first-order valence-electron chi connectivity index (χ1n) is 7.67. The molecule has 0 heterocycles. The molecule has 0 aliphatic carbocycles. The van der Waals surface area contributed by atoms with Gasteiger partial charge in [0.1, 0.15) is 6.04 Å². The zero-order valence-electron chi connectivity index (χ0n) is 12.9. The van der Waals surface area contributed by atoms with Crippen molar-refractivity contribution in [1.29, 1.82) is 0 Å². The third-order valence-electron chi connectivity index (χ3n) is 3.81. The number of hydrogen-bond acceptors (Lipinski definition) is 2. The molecule has 0 saturated heterocycles. The highest BCUT2D eigenvalue weighted by molar-refractivity contribution is 5.74. The van der Waals surface area contributed by atoms with Crippen LogP contribution >= 0.6 is 0 Å². The molecule has 0 fully saturated rings. The quantitative estimate of drug-likeness (QED) is 0.752. The number of carbonyl (C=O) groups is 1. The predicted molar refractivity (Wildman–Crippen MR) is 83.1 cm³/mol. The molecule has 0 bridgehead atoms. The Bertz CT molecular complexity index is 396. The van der Waals surface area contributed by atoms with E-state index < -0.39 is 12.0 Å². The van der Waals surface area contributed by atoms with Crippen LogP contribution in [0.4, 0.5) is 0 Å². The molecule has 112 valence electrons. The first-order chi connectivity index (χ1) is 9.62.